The van der Waals surface area contributed by atoms with Gasteiger partial charge in [-0.2, -0.15) is 4.91 Å². The Morgan fingerprint density at radius 2 is 1.72 bits per heavy atom. The van der Waals surface area contributed by atoms with E-state index in [0.29, 0.717) is 5.56 Å². The summed E-state index contributed by atoms with van der Waals surface area (Å²) in [4.78, 5) is 40.0. The molecule has 0 saturated carbocycles. The van der Waals surface area contributed by atoms with Crippen LogP contribution in [0.15, 0.2) is 29.4 Å². The summed E-state index contributed by atoms with van der Waals surface area (Å²) in [6.07, 6.45) is 0. The maximum Gasteiger partial charge on any atom is 0.277 e. The van der Waals surface area contributed by atoms with Crippen LogP contribution in [0.5, 0.6) is 0 Å². The van der Waals surface area contributed by atoms with Gasteiger partial charge in [0.05, 0.1) is 23.5 Å². The molecule has 0 atom stereocenters. The van der Waals surface area contributed by atoms with Gasteiger partial charge in [0.15, 0.2) is 11.6 Å². The highest BCUT2D eigenvalue weighted by Crippen LogP contribution is 2.31. The molecular weight excluding hydrogens is 481 g/mol. The third-order valence-electron chi connectivity index (χ3n) is 4.33. The van der Waals surface area contributed by atoms with E-state index in [9.17, 15) is 27.7 Å². The van der Waals surface area contributed by atoms with Crippen molar-refractivity contribution >= 4 is 23.2 Å². The van der Waals surface area contributed by atoms with E-state index in [-0.39, 0.29) is 24.4 Å². The molecule has 2 amide bonds. The van der Waals surface area contributed by atoms with E-state index in [1.165, 1.54) is 19.2 Å². The van der Waals surface area contributed by atoms with Crippen molar-refractivity contribution in [2.45, 2.75) is 41.2 Å². The minimum atomic E-state index is -1.49. The quantitative estimate of drug-likeness (QED) is 0.242. The molecule has 0 fully saturated rings. The summed E-state index contributed by atoms with van der Waals surface area (Å²) in [6.45, 7) is 7.79. The van der Waals surface area contributed by atoms with Crippen LogP contribution >= 0.6 is 0 Å². The Hall–Kier alpha value is -3.51. The number of amides is 2. The molecule has 0 aliphatic carbocycles. The molecule has 2 rings (SSSR count). The van der Waals surface area contributed by atoms with E-state index in [0.717, 1.165) is 17.0 Å². The van der Waals surface area contributed by atoms with E-state index in [2.05, 4.69) is 10.5 Å². The highest BCUT2D eigenvalue weighted by atomic mass is 19.2. The maximum atomic E-state index is 15.0. The van der Waals surface area contributed by atoms with Gasteiger partial charge in [-0.25, -0.2) is 18.7 Å². The van der Waals surface area contributed by atoms with Crippen LogP contribution < -0.4 is 10.8 Å². The number of halogens is 3. The summed E-state index contributed by atoms with van der Waals surface area (Å²) in [5.74, 6) is -5.42. The number of hydrogen-bond acceptors (Lipinski definition) is 7. The molecular formula is C24H33F3N4O5. The summed E-state index contributed by atoms with van der Waals surface area (Å²) >= 11 is 0. The SMILES string of the molecule is CC.CC.Cc1ccc(Nc2c(C(=O)NOCCN=O)cc(CN(C)C(=O)CO)c(F)c2F)c(F)c1. The second kappa shape index (κ2) is 17.0. The summed E-state index contributed by atoms with van der Waals surface area (Å²) in [5.41, 5.74) is 0.839. The molecule has 0 radical (unpaired) electrons. The van der Waals surface area contributed by atoms with Gasteiger partial charge in [-0.15, -0.1) is 0 Å². The minimum absolute atomic E-state index is 0.214. The van der Waals surface area contributed by atoms with Crippen LogP contribution in [0.25, 0.3) is 0 Å². The molecule has 0 unspecified atom stereocenters. The van der Waals surface area contributed by atoms with Gasteiger partial charge < -0.3 is 15.3 Å². The Kier molecular flexibility index (Phi) is 15.3. The number of aliphatic hydroxyl groups excluding tert-OH is 1. The van der Waals surface area contributed by atoms with E-state index < -0.39 is 53.7 Å². The summed E-state index contributed by atoms with van der Waals surface area (Å²) in [5, 5.41) is 13.9. The normalized spacial score (nSPS) is 9.72. The van der Waals surface area contributed by atoms with Gasteiger partial charge in [0.25, 0.3) is 5.91 Å². The molecule has 36 heavy (non-hydrogen) atoms. The van der Waals surface area contributed by atoms with Crippen molar-refractivity contribution in [1.82, 2.24) is 10.4 Å². The second-order valence-corrected chi connectivity index (χ2v) is 6.73. The third-order valence-corrected chi connectivity index (χ3v) is 4.33. The van der Waals surface area contributed by atoms with Crippen LogP contribution in [0.4, 0.5) is 24.5 Å². The largest absolute Gasteiger partial charge is 0.387 e. The van der Waals surface area contributed by atoms with E-state index in [1.54, 1.807) is 6.92 Å². The first kappa shape index (κ1) is 32.5. The van der Waals surface area contributed by atoms with Gasteiger partial charge >= 0.3 is 0 Å². The van der Waals surface area contributed by atoms with Gasteiger partial charge in [-0.1, -0.05) is 38.9 Å². The predicted octanol–water partition coefficient (Wildman–Crippen LogP) is 4.59. The highest BCUT2D eigenvalue weighted by Gasteiger charge is 2.25. The fraction of sp³-hybridized carbons (Fsp3) is 0.417. The van der Waals surface area contributed by atoms with Crippen molar-refractivity contribution in [2.75, 3.05) is 32.1 Å². The van der Waals surface area contributed by atoms with Crippen molar-refractivity contribution in [3.63, 3.8) is 0 Å². The lowest BCUT2D eigenvalue weighted by Gasteiger charge is -2.20. The molecule has 12 heteroatoms. The molecule has 0 aliphatic rings. The smallest absolute Gasteiger partial charge is 0.277 e. The molecule has 0 aliphatic heterocycles. The monoisotopic (exact) mass is 514 g/mol. The Morgan fingerprint density at radius 1 is 1.08 bits per heavy atom. The lowest BCUT2D eigenvalue weighted by Crippen LogP contribution is -2.30. The van der Waals surface area contributed by atoms with Crippen LogP contribution in [0.1, 0.15) is 49.2 Å². The van der Waals surface area contributed by atoms with Crippen molar-refractivity contribution in [1.29, 1.82) is 0 Å². The number of nitrogens with zero attached hydrogens (tertiary/aromatic N) is 2. The number of hydrogen-bond donors (Lipinski definition) is 3. The zero-order valence-electron chi connectivity index (χ0n) is 21.2. The molecule has 0 aromatic heterocycles. The van der Waals surface area contributed by atoms with Gasteiger partial charge in [0.2, 0.25) is 5.91 Å². The van der Waals surface area contributed by atoms with Crippen LogP contribution in [0, 0.1) is 29.3 Å². The number of aliphatic hydroxyl groups is 1. The molecule has 0 spiro atoms. The molecule has 2 aromatic carbocycles. The zero-order valence-corrected chi connectivity index (χ0v) is 21.2. The van der Waals surface area contributed by atoms with Crippen molar-refractivity contribution < 1.29 is 32.7 Å². The Labute approximate surface area is 208 Å². The van der Waals surface area contributed by atoms with Crippen molar-refractivity contribution in [3.8, 4) is 0 Å². The van der Waals surface area contributed by atoms with Gasteiger partial charge in [-0.05, 0) is 30.7 Å². The topological polar surface area (TPSA) is 120 Å². The summed E-state index contributed by atoms with van der Waals surface area (Å²) in [6, 6.07) is 4.94. The second-order valence-electron chi connectivity index (χ2n) is 6.73. The average Bonchev–Trinajstić information content (AvgIpc) is 2.89. The van der Waals surface area contributed by atoms with E-state index in [1.807, 2.05) is 33.2 Å². The first-order chi connectivity index (χ1) is 17.2. The first-order valence-corrected chi connectivity index (χ1v) is 11.3. The fourth-order valence-corrected chi connectivity index (χ4v) is 2.67. The van der Waals surface area contributed by atoms with E-state index >= 15 is 0 Å². The summed E-state index contributed by atoms with van der Waals surface area (Å²) < 4.78 is 44.0. The number of rotatable bonds is 10. The molecule has 0 saturated heterocycles. The number of carbonyl (C=O) groups is 2. The lowest BCUT2D eigenvalue weighted by molar-refractivity contribution is -0.133. The number of anilines is 2. The predicted molar refractivity (Wildman–Crippen MR) is 131 cm³/mol. The van der Waals surface area contributed by atoms with Crippen LogP contribution in [-0.4, -0.2) is 48.6 Å². The number of hydroxylamine groups is 1. The van der Waals surface area contributed by atoms with Crippen LogP contribution in [-0.2, 0) is 16.2 Å². The fourth-order valence-electron chi connectivity index (χ4n) is 2.67. The Bertz CT molecular complexity index is 1020. The molecule has 0 heterocycles. The molecule has 0 bridgehead atoms. The highest BCUT2D eigenvalue weighted by molar-refractivity contribution is 6.00. The number of benzene rings is 2. The van der Waals surface area contributed by atoms with Crippen molar-refractivity contribution in [3.05, 3.63) is 63.3 Å². The Morgan fingerprint density at radius 3 is 2.28 bits per heavy atom. The number of carbonyl (C=O) groups excluding carboxylic acids is 2. The number of nitrogens with one attached hydrogen (secondary N) is 2. The molecule has 3 N–H and O–H groups in total. The average molecular weight is 515 g/mol. The van der Waals surface area contributed by atoms with Crippen LogP contribution in [0.2, 0.25) is 0 Å². The van der Waals surface area contributed by atoms with Crippen LogP contribution in [0.3, 0.4) is 0 Å². The van der Waals surface area contributed by atoms with Crippen molar-refractivity contribution in [2.24, 2.45) is 5.18 Å². The van der Waals surface area contributed by atoms with Gasteiger partial charge in [0.1, 0.15) is 19.0 Å². The van der Waals surface area contributed by atoms with Gasteiger partial charge in [-0.3, -0.25) is 14.4 Å². The van der Waals surface area contributed by atoms with E-state index in [4.69, 9.17) is 9.94 Å². The molecule has 200 valence electrons. The standard InChI is InChI=1S/C20H21F3N4O5.2C2H6/c1-11-3-4-15(14(21)7-11)25-19-13(20(30)26-32-6-5-24-31)8-12(17(22)18(19)23)9-27(2)16(29)10-28;2*1-2/h3-4,7-8,25,28H,5-6,9-10H2,1-2H3,(H,26,30);2*1-2H3. The molecule has 2 aromatic rings. The number of aryl methyl sites for hydroxylation is 1. The zero-order chi connectivity index (χ0) is 27.8. The van der Waals surface area contributed by atoms with Gasteiger partial charge in [0, 0.05) is 19.2 Å². The lowest BCUT2D eigenvalue weighted by atomic mass is 10.0. The number of nitroso groups, excluding NO2 is 1. The molecule has 9 nitrogen and oxygen atoms in total. The maximum absolute atomic E-state index is 15.0. The first-order valence-electron chi connectivity index (χ1n) is 11.3. The third kappa shape index (κ3) is 9.27. The number of likely N-dealkylation sites (N-methyl/N-ethyl adjacent to an activating group) is 1. The minimum Gasteiger partial charge on any atom is -0.387 e. The summed E-state index contributed by atoms with van der Waals surface area (Å²) in [7, 11) is 1.25. The Balaban J connectivity index is 0.00000291.